The molecule has 0 saturated carbocycles. The summed E-state index contributed by atoms with van der Waals surface area (Å²) in [7, 11) is 0. The van der Waals surface area contributed by atoms with Crippen LogP contribution in [0.3, 0.4) is 0 Å². The molecule has 0 spiro atoms. The molecule has 0 saturated heterocycles. The molecule has 0 amide bonds. The van der Waals surface area contributed by atoms with E-state index in [0.717, 1.165) is 41.9 Å². The molecule has 0 atom stereocenters. The highest BCUT2D eigenvalue weighted by atomic mass is 32.2. The highest BCUT2D eigenvalue weighted by molar-refractivity contribution is 8.06. The normalized spacial score (nSPS) is 20.0. The Morgan fingerprint density at radius 1 is 1.02 bits per heavy atom. The zero-order valence-corrected chi connectivity index (χ0v) is 26.0. The highest BCUT2D eigenvalue weighted by Gasteiger charge is 2.46. The van der Waals surface area contributed by atoms with E-state index in [1.54, 1.807) is 36.0 Å². The maximum atomic E-state index is 13.5. The molecule has 1 aliphatic carbocycles. The van der Waals surface area contributed by atoms with Crippen molar-refractivity contribution in [1.29, 1.82) is 0 Å². The maximum absolute atomic E-state index is 13.5. The number of benzene rings is 1. The van der Waals surface area contributed by atoms with Gasteiger partial charge in [0.05, 0.1) is 22.1 Å². The molecule has 1 aromatic rings. The molecule has 0 fully saturated rings. The van der Waals surface area contributed by atoms with E-state index in [0.29, 0.717) is 11.1 Å². The molecule has 4 rings (SSSR count). The monoisotopic (exact) mass is 560 g/mol. The Hall–Kier alpha value is -3.12. The number of fused-ring (bicyclic) bond motifs is 1. The number of hydrogen-bond acceptors (Lipinski definition) is 4. The average molecular weight is 561 g/mol. The number of carboxylic acid groups (broad SMARTS) is 1. The van der Waals surface area contributed by atoms with Crippen molar-refractivity contribution >= 4 is 34.9 Å². The van der Waals surface area contributed by atoms with Crippen molar-refractivity contribution in [2.24, 2.45) is 10.8 Å². The third kappa shape index (κ3) is 5.43. The van der Waals surface area contributed by atoms with E-state index in [1.807, 2.05) is 19.9 Å². The summed E-state index contributed by atoms with van der Waals surface area (Å²) in [5.41, 5.74) is 3.91. The number of carbonyl (C=O) groups excluding carboxylic acids is 1. The van der Waals surface area contributed by atoms with Crippen LogP contribution in [0.25, 0.3) is 0 Å². The van der Waals surface area contributed by atoms with E-state index in [4.69, 9.17) is 0 Å². The van der Waals surface area contributed by atoms with E-state index in [-0.39, 0.29) is 27.9 Å². The number of carboxylic acids is 1. The van der Waals surface area contributed by atoms with Crippen LogP contribution in [0.4, 0.5) is 5.69 Å². The van der Waals surface area contributed by atoms with E-state index in [1.165, 1.54) is 9.81 Å². The van der Waals surface area contributed by atoms with Crippen molar-refractivity contribution < 1.29 is 24.4 Å². The number of aliphatic hydroxyl groups excluding tert-OH is 1. The summed E-state index contributed by atoms with van der Waals surface area (Å²) >= 11 is 1.79. The van der Waals surface area contributed by atoms with Crippen LogP contribution in [0.5, 0.6) is 0 Å². The lowest BCUT2D eigenvalue weighted by molar-refractivity contribution is -0.438. The first-order valence-corrected chi connectivity index (χ1v) is 14.8. The van der Waals surface area contributed by atoms with Gasteiger partial charge in [-0.05, 0) is 70.4 Å². The van der Waals surface area contributed by atoms with Gasteiger partial charge in [-0.2, -0.15) is 4.58 Å². The molecule has 0 unspecified atom stereocenters. The SMILES string of the molecule is CCCC[N+]1=C(C=C2C(=O)C(C=C3C=C(C(C)(C)C)SC(C(C)(C)C)=C3)=C2O)C(C)(C)c2cc(C(=O)O)ccc21. The molecule has 1 aromatic carbocycles. The molecule has 2 N–H and O–H groups in total. The summed E-state index contributed by atoms with van der Waals surface area (Å²) in [5, 5.41) is 20.7. The lowest BCUT2D eigenvalue weighted by Gasteiger charge is -2.32. The fourth-order valence-electron chi connectivity index (χ4n) is 5.18. The molecule has 0 bridgehead atoms. The fraction of sp³-hybridized carbons (Fsp3) is 0.441. The first-order valence-electron chi connectivity index (χ1n) is 14.0. The number of aromatic carboxylic acids is 1. The molecule has 0 radical (unpaired) electrons. The predicted octanol–water partition coefficient (Wildman–Crippen LogP) is 8.42. The molecule has 0 aromatic heterocycles. The molecule has 2 aliphatic heterocycles. The number of nitrogens with zero attached hydrogens (tertiary/aromatic N) is 1. The smallest absolute Gasteiger partial charge is 0.335 e. The summed E-state index contributed by atoms with van der Waals surface area (Å²) in [6, 6.07) is 5.22. The van der Waals surface area contributed by atoms with Crippen LogP contribution in [0.2, 0.25) is 0 Å². The maximum Gasteiger partial charge on any atom is 0.335 e. The Bertz CT molecular complexity index is 1450. The van der Waals surface area contributed by atoms with Crippen LogP contribution < -0.4 is 0 Å². The summed E-state index contributed by atoms with van der Waals surface area (Å²) < 4.78 is 2.17. The molecule has 40 heavy (non-hydrogen) atoms. The van der Waals surface area contributed by atoms with Gasteiger partial charge >= 0.3 is 5.97 Å². The Kier molecular flexibility index (Phi) is 7.74. The van der Waals surface area contributed by atoms with Crippen molar-refractivity contribution in [3.05, 3.63) is 85.9 Å². The number of carbonyl (C=O) groups is 2. The number of thioether (sulfide) groups is 1. The second-order valence-corrected chi connectivity index (χ2v) is 14.5. The zero-order chi connectivity index (χ0) is 29.8. The largest absolute Gasteiger partial charge is 0.506 e. The quantitative estimate of drug-likeness (QED) is 0.270. The number of aliphatic hydroxyl groups is 1. The molecule has 2 heterocycles. The zero-order valence-electron chi connectivity index (χ0n) is 25.2. The minimum atomic E-state index is -0.966. The van der Waals surface area contributed by atoms with Gasteiger partial charge in [-0.3, -0.25) is 4.79 Å². The molecule has 5 nitrogen and oxygen atoms in total. The van der Waals surface area contributed by atoms with Gasteiger partial charge in [0, 0.05) is 24.1 Å². The van der Waals surface area contributed by atoms with E-state index < -0.39 is 11.4 Å². The number of Topliss-reactive ketones (excluding diaryl/α,β-unsaturated/α-hetero) is 1. The van der Waals surface area contributed by atoms with Crippen molar-refractivity contribution in [3.8, 4) is 0 Å². The van der Waals surface area contributed by atoms with Gasteiger partial charge in [0.25, 0.3) is 0 Å². The Morgan fingerprint density at radius 3 is 2.12 bits per heavy atom. The topological polar surface area (TPSA) is 77.6 Å². The van der Waals surface area contributed by atoms with E-state index in [9.17, 15) is 19.8 Å². The summed E-state index contributed by atoms with van der Waals surface area (Å²) in [4.78, 5) is 27.6. The van der Waals surface area contributed by atoms with Crippen LogP contribution in [0.1, 0.15) is 91.1 Å². The third-order valence-corrected chi connectivity index (χ3v) is 9.66. The molecule has 6 heteroatoms. The Labute approximate surface area is 242 Å². The Balaban J connectivity index is 1.79. The number of hydrogen-bond donors (Lipinski definition) is 2. The number of ketones is 1. The van der Waals surface area contributed by atoms with Crippen LogP contribution in [0.15, 0.2) is 74.8 Å². The van der Waals surface area contributed by atoms with Crippen molar-refractivity contribution in [2.45, 2.75) is 80.6 Å². The third-order valence-electron chi connectivity index (χ3n) is 7.76. The molecular formula is C34H42NO4S+. The van der Waals surface area contributed by atoms with Crippen LogP contribution in [-0.4, -0.2) is 38.8 Å². The predicted molar refractivity (Wildman–Crippen MR) is 165 cm³/mol. The molecule has 3 aliphatic rings. The number of unbranched alkanes of at least 4 members (excludes halogenated alkanes) is 1. The molecular weight excluding hydrogens is 518 g/mol. The van der Waals surface area contributed by atoms with Crippen LogP contribution in [0, 0.1) is 10.8 Å². The minimum Gasteiger partial charge on any atom is -0.506 e. The van der Waals surface area contributed by atoms with Crippen LogP contribution in [-0.2, 0) is 10.2 Å². The first-order chi connectivity index (χ1) is 18.5. The second kappa shape index (κ2) is 10.4. The first kappa shape index (κ1) is 29.9. The Morgan fingerprint density at radius 2 is 1.62 bits per heavy atom. The number of rotatable bonds is 6. The summed E-state index contributed by atoms with van der Waals surface area (Å²) in [6.07, 6.45) is 9.79. The van der Waals surface area contributed by atoms with Gasteiger partial charge in [-0.1, -0.05) is 66.6 Å². The standard InChI is InChI=1S/C34H41NO4S/c1-10-11-14-35-25-13-12-21(31(38)39)18-24(25)34(8,9)26(35)19-23-29(36)22(30(23)37)15-20-16-27(32(2,3)4)40-28(17-20)33(5,6)7/h12-13,15-19H,10-11,14H2,1-9H3,(H-,36,37,38,39)/p+1. The van der Waals surface area contributed by atoms with Crippen molar-refractivity contribution in [2.75, 3.05) is 6.54 Å². The van der Waals surface area contributed by atoms with E-state index >= 15 is 0 Å². The van der Waals surface area contributed by atoms with Gasteiger partial charge in [-0.25, -0.2) is 4.79 Å². The van der Waals surface area contributed by atoms with Gasteiger partial charge in [0.2, 0.25) is 11.5 Å². The van der Waals surface area contributed by atoms with Gasteiger partial charge < -0.3 is 10.2 Å². The lowest BCUT2D eigenvalue weighted by atomic mass is 9.78. The van der Waals surface area contributed by atoms with Crippen molar-refractivity contribution in [3.63, 3.8) is 0 Å². The minimum absolute atomic E-state index is 0.00747. The fourth-order valence-corrected chi connectivity index (χ4v) is 6.42. The summed E-state index contributed by atoms with van der Waals surface area (Å²) in [6.45, 7) is 20.1. The lowest BCUT2D eigenvalue weighted by Crippen LogP contribution is -2.31. The van der Waals surface area contributed by atoms with Gasteiger partial charge in [0.15, 0.2) is 5.71 Å². The van der Waals surface area contributed by atoms with Gasteiger partial charge in [0.1, 0.15) is 12.3 Å². The molecule has 212 valence electrons. The van der Waals surface area contributed by atoms with Gasteiger partial charge in [-0.15, -0.1) is 0 Å². The second-order valence-electron chi connectivity index (χ2n) is 13.5. The van der Waals surface area contributed by atoms with Crippen molar-refractivity contribution in [1.82, 2.24) is 0 Å². The number of allylic oxidation sites excluding steroid dienone is 9. The highest BCUT2D eigenvalue weighted by Crippen LogP contribution is 2.49. The summed E-state index contributed by atoms with van der Waals surface area (Å²) in [5.74, 6) is -1.14. The average Bonchev–Trinajstić information content (AvgIpc) is 3.08. The van der Waals surface area contributed by atoms with E-state index in [2.05, 4.69) is 65.2 Å². The van der Waals surface area contributed by atoms with Crippen LogP contribution >= 0.6 is 11.8 Å².